The lowest BCUT2D eigenvalue weighted by molar-refractivity contribution is -0.137. The number of phenols is 1. The Labute approximate surface area is 168 Å². The zero-order valence-corrected chi connectivity index (χ0v) is 15.7. The molecular formula is C20H15ClF3NO4. The fourth-order valence-corrected chi connectivity index (χ4v) is 2.76. The summed E-state index contributed by atoms with van der Waals surface area (Å²) in [6.45, 7) is 1.53. The van der Waals surface area contributed by atoms with Crippen LogP contribution in [0.3, 0.4) is 0 Å². The van der Waals surface area contributed by atoms with Gasteiger partial charge in [-0.3, -0.25) is 5.32 Å². The number of furan rings is 1. The number of carbonyl (C=O) groups is 1. The Balaban J connectivity index is 1.71. The Kier molecular flexibility index (Phi) is 5.74. The van der Waals surface area contributed by atoms with Crippen LogP contribution in [-0.2, 0) is 10.9 Å². The van der Waals surface area contributed by atoms with Crippen LogP contribution in [-0.4, -0.2) is 11.2 Å². The van der Waals surface area contributed by atoms with Gasteiger partial charge in [0.25, 0.3) is 0 Å². The minimum atomic E-state index is -4.44. The van der Waals surface area contributed by atoms with Crippen molar-refractivity contribution in [3.63, 3.8) is 0 Å². The van der Waals surface area contributed by atoms with Crippen molar-refractivity contribution in [2.24, 2.45) is 0 Å². The molecule has 9 heteroatoms. The first-order chi connectivity index (χ1) is 13.6. The maximum absolute atomic E-state index is 12.6. The summed E-state index contributed by atoms with van der Waals surface area (Å²) in [4.78, 5) is 12.3. The summed E-state index contributed by atoms with van der Waals surface area (Å²) in [5, 5.41) is 12.0. The summed E-state index contributed by atoms with van der Waals surface area (Å²) in [6, 6.07) is 10.4. The van der Waals surface area contributed by atoms with Crippen LogP contribution < -0.4 is 5.32 Å². The normalized spacial score (nSPS) is 12.4. The quantitative estimate of drug-likeness (QED) is 0.492. The number of hydrogen-bond acceptors (Lipinski definition) is 4. The van der Waals surface area contributed by atoms with Gasteiger partial charge < -0.3 is 14.3 Å². The minimum Gasteiger partial charge on any atom is -0.508 e. The van der Waals surface area contributed by atoms with E-state index in [0.29, 0.717) is 11.1 Å². The first kappa shape index (κ1) is 20.6. The molecule has 3 aromatic rings. The maximum Gasteiger partial charge on any atom is 0.416 e. The number of anilines is 1. The van der Waals surface area contributed by atoms with Gasteiger partial charge >= 0.3 is 12.3 Å². The smallest absolute Gasteiger partial charge is 0.416 e. The summed E-state index contributed by atoms with van der Waals surface area (Å²) in [5.74, 6) is 0.319. The van der Waals surface area contributed by atoms with E-state index in [1.807, 2.05) is 0 Å². The molecule has 29 heavy (non-hydrogen) atoms. The number of rotatable bonds is 4. The average molecular weight is 426 g/mol. The molecule has 2 N–H and O–H groups in total. The van der Waals surface area contributed by atoms with E-state index in [0.717, 1.165) is 12.1 Å². The second-order valence-electron chi connectivity index (χ2n) is 6.13. The summed E-state index contributed by atoms with van der Waals surface area (Å²) in [5.41, 5.74) is 0.328. The SMILES string of the molecule is C[C@@H](OC(=O)Nc1c(Cl)coc1-c1ccc(O)cc1)c1ccc(C(F)(F)F)cc1. The lowest BCUT2D eigenvalue weighted by atomic mass is 10.1. The number of hydrogen-bond donors (Lipinski definition) is 2. The van der Waals surface area contributed by atoms with Gasteiger partial charge in [-0.25, -0.2) is 4.79 Å². The first-order valence-electron chi connectivity index (χ1n) is 8.36. The standard InChI is InChI=1S/C20H15ClF3NO4/c1-11(12-2-6-14(7-3-12)20(22,23)24)29-19(27)25-17-16(21)10-28-18(17)13-4-8-15(26)9-5-13/h2-11,26H,1H3,(H,25,27)/t11-/m1/s1. The van der Waals surface area contributed by atoms with Crippen LogP contribution in [0.25, 0.3) is 11.3 Å². The fraction of sp³-hybridized carbons (Fsp3) is 0.150. The summed E-state index contributed by atoms with van der Waals surface area (Å²) < 4.78 is 48.5. The topological polar surface area (TPSA) is 71.7 Å². The van der Waals surface area contributed by atoms with E-state index in [1.165, 1.54) is 37.5 Å². The molecule has 0 aliphatic carbocycles. The highest BCUT2D eigenvalue weighted by molar-refractivity contribution is 6.34. The van der Waals surface area contributed by atoms with Crippen LogP contribution in [0.15, 0.2) is 59.2 Å². The molecule has 0 saturated carbocycles. The maximum atomic E-state index is 12.6. The van der Waals surface area contributed by atoms with E-state index >= 15 is 0 Å². The monoisotopic (exact) mass is 425 g/mol. The van der Waals surface area contributed by atoms with E-state index in [2.05, 4.69) is 5.32 Å². The Hall–Kier alpha value is -3.13. The van der Waals surface area contributed by atoms with Crippen LogP contribution >= 0.6 is 11.6 Å². The molecule has 0 saturated heterocycles. The molecule has 1 aromatic heterocycles. The number of nitrogens with one attached hydrogen (secondary N) is 1. The molecule has 0 aliphatic rings. The summed E-state index contributed by atoms with van der Waals surface area (Å²) in [6.07, 6.45) is -4.87. The van der Waals surface area contributed by atoms with E-state index in [1.54, 1.807) is 12.1 Å². The van der Waals surface area contributed by atoms with Crippen LogP contribution in [0.1, 0.15) is 24.2 Å². The minimum absolute atomic E-state index is 0.0608. The average Bonchev–Trinajstić information content (AvgIpc) is 3.02. The molecule has 5 nitrogen and oxygen atoms in total. The molecule has 3 rings (SSSR count). The van der Waals surface area contributed by atoms with Gasteiger partial charge in [0.05, 0.1) is 5.56 Å². The number of halogens is 4. The Morgan fingerprint density at radius 2 is 1.76 bits per heavy atom. The third-order valence-corrected chi connectivity index (χ3v) is 4.37. The van der Waals surface area contributed by atoms with Gasteiger partial charge in [0.15, 0.2) is 5.76 Å². The van der Waals surface area contributed by atoms with Crippen molar-refractivity contribution in [2.75, 3.05) is 5.32 Å². The van der Waals surface area contributed by atoms with Gasteiger partial charge in [0.1, 0.15) is 28.8 Å². The van der Waals surface area contributed by atoms with Crippen LogP contribution in [0.2, 0.25) is 5.02 Å². The van der Waals surface area contributed by atoms with Crippen molar-refractivity contribution in [1.29, 1.82) is 0 Å². The highest BCUT2D eigenvalue weighted by Crippen LogP contribution is 2.37. The largest absolute Gasteiger partial charge is 0.508 e. The number of ether oxygens (including phenoxy) is 1. The molecule has 0 spiro atoms. The molecule has 0 aliphatic heterocycles. The van der Waals surface area contributed by atoms with E-state index in [4.69, 9.17) is 20.8 Å². The molecule has 152 valence electrons. The van der Waals surface area contributed by atoms with Crippen LogP contribution in [0.4, 0.5) is 23.7 Å². The van der Waals surface area contributed by atoms with Crippen LogP contribution in [0.5, 0.6) is 5.75 Å². The molecule has 0 fully saturated rings. The molecule has 0 bridgehead atoms. The van der Waals surface area contributed by atoms with Gasteiger partial charge in [-0.05, 0) is 48.9 Å². The van der Waals surface area contributed by atoms with Crippen molar-refractivity contribution >= 4 is 23.4 Å². The number of amides is 1. The third-order valence-electron chi connectivity index (χ3n) is 4.09. The number of alkyl halides is 3. The Morgan fingerprint density at radius 3 is 2.34 bits per heavy atom. The van der Waals surface area contributed by atoms with Gasteiger partial charge in [-0.1, -0.05) is 23.7 Å². The molecule has 0 unspecified atom stereocenters. The van der Waals surface area contributed by atoms with Crippen molar-refractivity contribution in [2.45, 2.75) is 19.2 Å². The first-order valence-corrected chi connectivity index (χ1v) is 8.74. The van der Waals surface area contributed by atoms with E-state index in [9.17, 15) is 23.1 Å². The lowest BCUT2D eigenvalue weighted by Crippen LogP contribution is -2.16. The lowest BCUT2D eigenvalue weighted by Gasteiger charge is -2.15. The van der Waals surface area contributed by atoms with Gasteiger partial charge in [-0.2, -0.15) is 13.2 Å². The Bertz CT molecular complexity index is 998. The van der Waals surface area contributed by atoms with Gasteiger partial charge in [0.2, 0.25) is 0 Å². The van der Waals surface area contributed by atoms with Gasteiger partial charge in [-0.15, -0.1) is 0 Å². The molecule has 0 radical (unpaired) electrons. The summed E-state index contributed by atoms with van der Waals surface area (Å²) in [7, 11) is 0. The summed E-state index contributed by atoms with van der Waals surface area (Å²) >= 11 is 6.06. The number of carbonyl (C=O) groups excluding carboxylic acids is 1. The zero-order valence-electron chi connectivity index (χ0n) is 15.0. The fourth-order valence-electron chi connectivity index (χ4n) is 2.58. The predicted octanol–water partition coefficient (Wildman–Crippen LogP) is 6.63. The van der Waals surface area contributed by atoms with Crippen LogP contribution in [0, 0.1) is 0 Å². The number of benzene rings is 2. The highest BCUT2D eigenvalue weighted by Gasteiger charge is 2.30. The number of aromatic hydroxyl groups is 1. The Morgan fingerprint density at radius 1 is 1.14 bits per heavy atom. The van der Waals surface area contributed by atoms with Crippen molar-refractivity contribution in [1.82, 2.24) is 0 Å². The molecular weight excluding hydrogens is 411 g/mol. The van der Waals surface area contributed by atoms with Crippen molar-refractivity contribution in [3.05, 3.63) is 70.9 Å². The second-order valence-corrected chi connectivity index (χ2v) is 6.53. The second kappa shape index (κ2) is 8.08. The highest BCUT2D eigenvalue weighted by atomic mass is 35.5. The molecule has 1 amide bonds. The molecule has 1 heterocycles. The predicted molar refractivity (Wildman–Crippen MR) is 101 cm³/mol. The number of phenolic OH excluding ortho intramolecular Hbond substituents is 1. The van der Waals surface area contributed by atoms with Crippen molar-refractivity contribution in [3.8, 4) is 17.1 Å². The van der Waals surface area contributed by atoms with E-state index < -0.39 is 23.9 Å². The third kappa shape index (κ3) is 4.83. The van der Waals surface area contributed by atoms with Crippen molar-refractivity contribution < 1.29 is 32.2 Å². The van der Waals surface area contributed by atoms with Gasteiger partial charge in [0, 0.05) is 5.56 Å². The molecule has 1 atom stereocenters. The molecule has 2 aromatic carbocycles. The van der Waals surface area contributed by atoms with E-state index in [-0.39, 0.29) is 22.2 Å². The zero-order chi connectivity index (χ0) is 21.2.